The van der Waals surface area contributed by atoms with Crippen molar-refractivity contribution in [3.8, 4) is 0 Å². The van der Waals surface area contributed by atoms with Crippen molar-refractivity contribution in [3.63, 3.8) is 0 Å². The summed E-state index contributed by atoms with van der Waals surface area (Å²) in [7, 11) is 0. The second-order valence-electron chi connectivity index (χ2n) is 4.81. The van der Waals surface area contributed by atoms with Gasteiger partial charge in [0.25, 0.3) is 0 Å². The predicted octanol–water partition coefficient (Wildman–Crippen LogP) is 3.20. The van der Waals surface area contributed by atoms with Crippen LogP contribution in [0, 0.1) is 0 Å². The molecule has 0 radical (unpaired) electrons. The van der Waals surface area contributed by atoms with E-state index in [9.17, 15) is 0 Å². The molecule has 0 spiro atoms. The summed E-state index contributed by atoms with van der Waals surface area (Å²) in [5.74, 6) is 0. The standard InChI is InChI=1S/C13H15ClN2/c1-8(15)13(5-6-13)10-2-3-11-9(12(10)14)4-7-16-11/h2-4,7-8,16H,5-6,15H2,1H3. The second-order valence-corrected chi connectivity index (χ2v) is 5.19. The van der Waals surface area contributed by atoms with Gasteiger partial charge in [0, 0.05) is 28.6 Å². The summed E-state index contributed by atoms with van der Waals surface area (Å²) in [5, 5.41) is 1.97. The first-order valence-electron chi connectivity index (χ1n) is 5.67. The lowest BCUT2D eigenvalue weighted by Crippen LogP contribution is -2.31. The van der Waals surface area contributed by atoms with E-state index in [1.54, 1.807) is 0 Å². The highest BCUT2D eigenvalue weighted by molar-refractivity contribution is 6.36. The monoisotopic (exact) mass is 234 g/mol. The molecule has 1 heterocycles. The maximum Gasteiger partial charge on any atom is 0.0538 e. The smallest absolute Gasteiger partial charge is 0.0538 e. The molecule has 0 aliphatic heterocycles. The van der Waals surface area contributed by atoms with Gasteiger partial charge in [0.2, 0.25) is 0 Å². The van der Waals surface area contributed by atoms with Crippen molar-refractivity contribution in [2.24, 2.45) is 5.73 Å². The van der Waals surface area contributed by atoms with Crippen LogP contribution in [0.25, 0.3) is 10.9 Å². The number of rotatable bonds is 2. The van der Waals surface area contributed by atoms with E-state index < -0.39 is 0 Å². The highest BCUT2D eigenvalue weighted by Gasteiger charge is 2.48. The second kappa shape index (κ2) is 3.25. The molecule has 1 saturated carbocycles. The highest BCUT2D eigenvalue weighted by Crippen LogP contribution is 2.53. The van der Waals surface area contributed by atoms with E-state index in [1.165, 1.54) is 5.56 Å². The molecule has 1 unspecified atom stereocenters. The third kappa shape index (κ3) is 1.23. The molecule has 3 N–H and O–H groups in total. The normalized spacial score (nSPS) is 19.9. The zero-order valence-electron chi connectivity index (χ0n) is 9.26. The number of benzene rings is 1. The zero-order valence-corrected chi connectivity index (χ0v) is 10.0. The van der Waals surface area contributed by atoms with E-state index in [-0.39, 0.29) is 11.5 Å². The number of H-pyrrole nitrogens is 1. The van der Waals surface area contributed by atoms with Crippen molar-refractivity contribution >= 4 is 22.5 Å². The molecule has 1 atom stereocenters. The summed E-state index contributed by atoms with van der Waals surface area (Å²) >= 11 is 6.48. The van der Waals surface area contributed by atoms with Gasteiger partial charge in [-0.3, -0.25) is 0 Å². The Hall–Kier alpha value is -0.990. The number of halogens is 1. The Morgan fingerprint density at radius 3 is 2.75 bits per heavy atom. The van der Waals surface area contributed by atoms with Crippen LogP contribution in [0.2, 0.25) is 5.02 Å². The van der Waals surface area contributed by atoms with Gasteiger partial charge in [0.1, 0.15) is 0 Å². The van der Waals surface area contributed by atoms with Gasteiger partial charge in [0.15, 0.2) is 0 Å². The molecule has 2 nitrogen and oxygen atoms in total. The minimum Gasteiger partial charge on any atom is -0.361 e. The van der Waals surface area contributed by atoms with Crippen LogP contribution in [0.15, 0.2) is 24.4 Å². The third-order valence-electron chi connectivity index (χ3n) is 3.87. The quantitative estimate of drug-likeness (QED) is 0.823. The topological polar surface area (TPSA) is 41.8 Å². The van der Waals surface area contributed by atoms with Crippen LogP contribution < -0.4 is 5.73 Å². The molecule has 2 aromatic rings. The summed E-state index contributed by atoms with van der Waals surface area (Å²) < 4.78 is 0. The maximum absolute atomic E-state index is 6.48. The molecule has 84 valence electrons. The summed E-state index contributed by atoms with van der Waals surface area (Å²) in [4.78, 5) is 3.17. The van der Waals surface area contributed by atoms with Crippen LogP contribution in [0.5, 0.6) is 0 Å². The van der Waals surface area contributed by atoms with Gasteiger partial charge in [-0.15, -0.1) is 0 Å². The molecule has 0 amide bonds. The van der Waals surface area contributed by atoms with E-state index in [2.05, 4.69) is 24.0 Å². The van der Waals surface area contributed by atoms with Gasteiger partial charge in [-0.25, -0.2) is 0 Å². The zero-order chi connectivity index (χ0) is 11.3. The Morgan fingerprint density at radius 2 is 2.12 bits per heavy atom. The van der Waals surface area contributed by atoms with E-state index in [0.717, 1.165) is 28.8 Å². The number of hydrogen-bond donors (Lipinski definition) is 2. The molecule has 16 heavy (non-hydrogen) atoms. The van der Waals surface area contributed by atoms with E-state index in [1.807, 2.05) is 12.3 Å². The minimum absolute atomic E-state index is 0.128. The number of nitrogens with one attached hydrogen (secondary N) is 1. The SMILES string of the molecule is CC(N)C1(c2ccc3[nH]ccc3c2Cl)CC1. The average Bonchev–Trinajstić information content (AvgIpc) is 2.90. The van der Waals surface area contributed by atoms with Gasteiger partial charge in [0.05, 0.1) is 5.02 Å². The first kappa shape index (κ1) is 10.2. The fraction of sp³-hybridized carbons (Fsp3) is 0.385. The predicted molar refractivity (Wildman–Crippen MR) is 67.9 cm³/mol. The summed E-state index contributed by atoms with van der Waals surface area (Å²) in [6.45, 7) is 2.07. The van der Waals surface area contributed by atoms with Crippen molar-refractivity contribution in [1.29, 1.82) is 0 Å². The van der Waals surface area contributed by atoms with E-state index in [4.69, 9.17) is 17.3 Å². The minimum atomic E-state index is 0.128. The molecule has 1 aromatic carbocycles. The van der Waals surface area contributed by atoms with Gasteiger partial charge in [-0.2, -0.15) is 0 Å². The lowest BCUT2D eigenvalue weighted by Gasteiger charge is -2.21. The summed E-state index contributed by atoms with van der Waals surface area (Å²) in [5.41, 5.74) is 8.52. The Balaban J connectivity index is 2.21. The molecule has 1 aliphatic carbocycles. The maximum atomic E-state index is 6.48. The van der Waals surface area contributed by atoms with Crippen molar-refractivity contribution < 1.29 is 0 Å². The molecule has 1 aliphatic rings. The molecule has 3 rings (SSSR count). The van der Waals surface area contributed by atoms with Crippen molar-refractivity contribution in [2.45, 2.75) is 31.2 Å². The number of fused-ring (bicyclic) bond motifs is 1. The van der Waals surface area contributed by atoms with Gasteiger partial charge >= 0.3 is 0 Å². The van der Waals surface area contributed by atoms with Gasteiger partial charge < -0.3 is 10.7 Å². The molecule has 3 heteroatoms. The van der Waals surface area contributed by atoms with Crippen LogP contribution in [0.1, 0.15) is 25.3 Å². The largest absolute Gasteiger partial charge is 0.361 e. The first-order chi connectivity index (χ1) is 7.65. The lowest BCUT2D eigenvalue weighted by atomic mass is 9.89. The Labute approximate surface area is 99.8 Å². The molecular weight excluding hydrogens is 220 g/mol. The number of nitrogens with two attached hydrogens (primary N) is 1. The molecule has 0 bridgehead atoms. The van der Waals surface area contributed by atoms with E-state index in [0.29, 0.717) is 0 Å². The van der Waals surface area contributed by atoms with Crippen molar-refractivity contribution in [3.05, 3.63) is 35.0 Å². The van der Waals surface area contributed by atoms with Crippen LogP contribution in [-0.4, -0.2) is 11.0 Å². The summed E-state index contributed by atoms with van der Waals surface area (Å²) in [6, 6.07) is 6.41. The Morgan fingerprint density at radius 1 is 1.38 bits per heavy atom. The number of aromatic nitrogens is 1. The number of aromatic amines is 1. The molecular formula is C13H15ClN2. The van der Waals surface area contributed by atoms with Crippen LogP contribution in [0.3, 0.4) is 0 Å². The molecule has 1 fully saturated rings. The number of hydrogen-bond acceptors (Lipinski definition) is 1. The van der Waals surface area contributed by atoms with Crippen LogP contribution >= 0.6 is 11.6 Å². The third-order valence-corrected chi connectivity index (χ3v) is 4.27. The Bertz CT molecular complexity index is 538. The Kier molecular flexibility index (Phi) is 2.07. The first-order valence-corrected chi connectivity index (χ1v) is 6.04. The van der Waals surface area contributed by atoms with Gasteiger partial charge in [-0.05, 0) is 37.5 Å². The molecule has 1 aromatic heterocycles. The van der Waals surface area contributed by atoms with Crippen LogP contribution in [0.4, 0.5) is 0 Å². The fourth-order valence-corrected chi connectivity index (χ4v) is 3.00. The molecule has 0 saturated heterocycles. The van der Waals surface area contributed by atoms with Crippen molar-refractivity contribution in [2.75, 3.05) is 0 Å². The van der Waals surface area contributed by atoms with Crippen molar-refractivity contribution in [1.82, 2.24) is 4.98 Å². The van der Waals surface area contributed by atoms with E-state index >= 15 is 0 Å². The van der Waals surface area contributed by atoms with Crippen LogP contribution in [-0.2, 0) is 5.41 Å². The average molecular weight is 235 g/mol. The fourth-order valence-electron chi connectivity index (χ4n) is 2.59. The highest BCUT2D eigenvalue weighted by atomic mass is 35.5. The lowest BCUT2D eigenvalue weighted by molar-refractivity contribution is 0.557. The summed E-state index contributed by atoms with van der Waals surface area (Å²) in [6.07, 6.45) is 4.23. The van der Waals surface area contributed by atoms with Gasteiger partial charge in [-0.1, -0.05) is 17.7 Å².